The molecule has 0 aromatic carbocycles. The Hall–Kier alpha value is 2.31. The molecule has 52 valence electrons. The average Bonchev–Trinajstić information content (AvgIpc) is 1.72. The summed E-state index contributed by atoms with van der Waals surface area (Å²) < 4.78 is 0. The van der Waals surface area contributed by atoms with Crippen molar-refractivity contribution < 1.29 is 122 Å². The number of hydrogen-bond donors (Lipinski definition) is 4. The largest absolute Gasteiger partial charge is 1.00 e. The van der Waals surface area contributed by atoms with E-state index in [1.807, 2.05) is 0 Å². The van der Waals surface area contributed by atoms with E-state index in [0.29, 0.717) is 0 Å². The number of rotatable bonds is 0. The Labute approximate surface area is 151 Å². The molecule has 0 saturated carbocycles. The van der Waals surface area contributed by atoms with Crippen LogP contribution in [0.5, 0.6) is 0 Å². The van der Waals surface area contributed by atoms with Gasteiger partial charge in [0.25, 0.3) is 0 Å². The Kier molecular flexibility index (Phi) is 60.5. The van der Waals surface area contributed by atoms with Crippen molar-refractivity contribution in [3.8, 4) is 0 Å². The zero-order valence-electron chi connectivity index (χ0n) is 6.18. The second-order valence-corrected chi connectivity index (χ2v) is 1.80. The number of nitrogens with zero attached hydrogens (tertiary/aromatic N) is 2. The first-order chi connectivity index (χ1) is 4.00. The van der Waals surface area contributed by atoms with Crippen LogP contribution in [0.4, 0.5) is 0 Å². The summed E-state index contributed by atoms with van der Waals surface area (Å²) in [5.74, 6) is 0. The van der Waals surface area contributed by atoms with E-state index in [4.69, 9.17) is 42.9 Å². The van der Waals surface area contributed by atoms with Crippen molar-refractivity contribution in [1.82, 2.24) is 0 Å². The van der Waals surface area contributed by atoms with Crippen LogP contribution in [-0.4, -0.2) is 28.2 Å². The van der Waals surface area contributed by atoms with Gasteiger partial charge in [0.15, 0.2) is 0 Å². The monoisotopic (exact) mass is 226 g/mol. The smallest absolute Gasteiger partial charge is 0.512 e. The minimum atomic E-state index is -4.61. The molecular formula is C2H4K2N2O4Si. The standard InChI is InChI=1S/2CN.2K.H4O4Si/c2*1-2;;;1-5(2,3)4/h;;;;1-4H/q2*-1;2*+1;. The fraction of sp³-hybridized carbons (Fsp3) is 0. The maximum absolute atomic E-state index is 7.33. The zero-order valence-corrected chi connectivity index (χ0v) is 13.4. The molecule has 0 atom stereocenters. The van der Waals surface area contributed by atoms with Gasteiger partial charge in [-0.05, 0) is 0 Å². The van der Waals surface area contributed by atoms with Crippen molar-refractivity contribution in [1.29, 1.82) is 10.5 Å². The van der Waals surface area contributed by atoms with E-state index in [2.05, 4.69) is 0 Å². The minimum Gasteiger partial charge on any atom is -0.512 e. The molecule has 0 radical (unpaired) electrons. The van der Waals surface area contributed by atoms with Crippen LogP contribution in [-0.2, 0) is 0 Å². The Balaban J connectivity index is -0.0000000178. The zero-order chi connectivity index (χ0) is 8.50. The first-order valence-corrected chi connectivity index (χ1v) is 3.13. The van der Waals surface area contributed by atoms with Crippen LogP contribution >= 0.6 is 0 Å². The normalized spacial score (nSPS) is 5.82. The molecule has 0 fully saturated rings. The van der Waals surface area contributed by atoms with E-state index in [-0.39, 0.29) is 103 Å². The van der Waals surface area contributed by atoms with Gasteiger partial charge < -0.3 is 42.9 Å². The molecule has 0 heterocycles. The predicted octanol–water partition coefficient (Wildman–Crippen LogP) is -8.41. The minimum absolute atomic E-state index is 0. The van der Waals surface area contributed by atoms with Gasteiger partial charge in [0, 0.05) is 0 Å². The summed E-state index contributed by atoms with van der Waals surface area (Å²) in [6, 6.07) is 0. The van der Waals surface area contributed by atoms with Gasteiger partial charge in [-0.25, -0.2) is 0 Å². The molecule has 0 unspecified atom stereocenters. The van der Waals surface area contributed by atoms with Crippen molar-refractivity contribution in [2.24, 2.45) is 0 Å². The summed E-state index contributed by atoms with van der Waals surface area (Å²) in [5.41, 5.74) is 0. The van der Waals surface area contributed by atoms with E-state index >= 15 is 0 Å². The molecule has 0 aliphatic carbocycles. The maximum Gasteiger partial charge on any atom is 1.00 e. The van der Waals surface area contributed by atoms with Crippen molar-refractivity contribution in [2.45, 2.75) is 0 Å². The predicted molar refractivity (Wildman–Crippen MR) is 24.6 cm³/mol. The molecule has 6 nitrogen and oxygen atoms in total. The fourth-order valence-corrected chi connectivity index (χ4v) is 0. The van der Waals surface area contributed by atoms with Gasteiger partial charge in [-0.15, -0.1) is 0 Å². The van der Waals surface area contributed by atoms with Gasteiger partial charge >= 0.3 is 112 Å². The first kappa shape index (κ1) is 29.2. The molecule has 0 bridgehead atoms. The van der Waals surface area contributed by atoms with E-state index in [1.165, 1.54) is 0 Å². The van der Waals surface area contributed by atoms with Gasteiger partial charge in [-0.3, -0.25) is 0 Å². The van der Waals surface area contributed by atoms with E-state index in [0.717, 1.165) is 0 Å². The van der Waals surface area contributed by atoms with Crippen LogP contribution in [0.15, 0.2) is 0 Å². The quantitative estimate of drug-likeness (QED) is 0.240. The Morgan fingerprint density at radius 2 is 0.727 bits per heavy atom. The molecule has 0 spiro atoms. The van der Waals surface area contributed by atoms with Crippen molar-refractivity contribution in [3.63, 3.8) is 0 Å². The summed E-state index contributed by atoms with van der Waals surface area (Å²) in [6.07, 6.45) is 0. The Morgan fingerprint density at radius 3 is 0.727 bits per heavy atom. The molecule has 0 aliphatic rings. The third-order valence-corrected chi connectivity index (χ3v) is 0. The van der Waals surface area contributed by atoms with Crippen molar-refractivity contribution in [2.75, 3.05) is 0 Å². The molecule has 4 N–H and O–H groups in total. The molecule has 9 heteroatoms. The SMILES string of the molecule is O[Si](O)(O)O.[C-]#N.[C-]#N.[K+].[K+]. The average molecular weight is 226 g/mol. The van der Waals surface area contributed by atoms with Crippen LogP contribution in [0.1, 0.15) is 0 Å². The topological polar surface area (TPSA) is 128 Å². The number of hydrogen-bond acceptors (Lipinski definition) is 6. The molecule has 0 saturated heterocycles. The van der Waals surface area contributed by atoms with Crippen LogP contribution in [0, 0.1) is 23.7 Å². The van der Waals surface area contributed by atoms with Crippen LogP contribution in [0.25, 0.3) is 0 Å². The summed E-state index contributed by atoms with van der Waals surface area (Å²) in [4.78, 5) is 29.3. The van der Waals surface area contributed by atoms with Crippen LogP contribution in [0.3, 0.4) is 0 Å². The summed E-state index contributed by atoms with van der Waals surface area (Å²) in [6.45, 7) is 9.50. The third-order valence-electron chi connectivity index (χ3n) is 0. The van der Waals surface area contributed by atoms with Gasteiger partial charge in [0.2, 0.25) is 0 Å². The molecule has 11 heavy (non-hydrogen) atoms. The molecule has 0 aromatic rings. The van der Waals surface area contributed by atoms with Gasteiger partial charge in [0.05, 0.1) is 0 Å². The third kappa shape index (κ3) is 245. The van der Waals surface area contributed by atoms with Gasteiger partial charge in [-0.2, -0.15) is 0 Å². The summed E-state index contributed by atoms with van der Waals surface area (Å²) >= 11 is 0. The van der Waals surface area contributed by atoms with Crippen molar-refractivity contribution >= 4 is 9.05 Å². The molecule has 0 aliphatic heterocycles. The van der Waals surface area contributed by atoms with Crippen molar-refractivity contribution in [3.05, 3.63) is 13.1 Å². The van der Waals surface area contributed by atoms with Gasteiger partial charge in [0.1, 0.15) is 0 Å². The first-order valence-electron chi connectivity index (χ1n) is 1.34. The Morgan fingerprint density at radius 1 is 0.727 bits per heavy atom. The molecular weight excluding hydrogens is 222 g/mol. The van der Waals surface area contributed by atoms with Crippen LogP contribution in [0.2, 0.25) is 0 Å². The van der Waals surface area contributed by atoms with Crippen LogP contribution < -0.4 is 103 Å². The molecule has 0 amide bonds. The Bertz CT molecular complexity index is 79.1. The van der Waals surface area contributed by atoms with E-state index < -0.39 is 9.05 Å². The fourth-order valence-electron chi connectivity index (χ4n) is 0. The maximum atomic E-state index is 7.33. The van der Waals surface area contributed by atoms with E-state index in [1.54, 1.807) is 0 Å². The second-order valence-electron chi connectivity index (χ2n) is 0.600. The van der Waals surface area contributed by atoms with Gasteiger partial charge in [-0.1, -0.05) is 0 Å². The second kappa shape index (κ2) is 22.8. The summed E-state index contributed by atoms with van der Waals surface area (Å²) in [5, 5.41) is 12.5. The molecule has 0 rings (SSSR count). The van der Waals surface area contributed by atoms with E-state index in [9.17, 15) is 0 Å². The molecule has 0 aromatic heterocycles. The summed E-state index contributed by atoms with van der Waals surface area (Å²) in [7, 11) is -4.61.